The van der Waals surface area contributed by atoms with E-state index in [0.717, 1.165) is 30.4 Å². The number of carbonyl (C=O) groups excluding carboxylic acids is 2. The second-order valence-electron chi connectivity index (χ2n) is 7.18. The van der Waals surface area contributed by atoms with E-state index in [0.29, 0.717) is 28.0 Å². The molecule has 162 valence electrons. The van der Waals surface area contributed by atoms with E-state index in [1.807, 2.05) is 42.5 Å². The number of halogens is 1. The first-order valence-electron chi connectivity index (χ1n) is 10.3. The Morgan fingerprint density at radius 2 is 1.87 bits per heavy atom. The van der Waals surface area contributed by atoms with E-state index in [2.05, 4.69) is 27.8 Å². The van der Waals surface area contributed by atoms with Crippen LogP contribution in [0.5, 0.6) is 0 Å². The van der Waals surface area contributed by atoms with Crippen LogP contribution in [0.25, 0.3) is 10.6 Å². The van der Waals surface area contributed by atoms with Crippen LogP contribution in [0.15, 0.2) is 54.6 Å². The highest BCUT2D eigenvalue weighted by atomic mass is 35.5. The Kier molecular flexibility index (Phi) is 8.55. The van der Waals surface area contributed by atoms with Crippen LogP contribution in [0.3, 0.4) is 0 Å². The highest BCUT2D eigenvalue weighted by molar-refractivity contribution is 7.18. The summed E-state index contributed by atoms with van der Waals surface area (Å²) < 4.78 is 0. The van der Waals surface area contributed by atoms with Gasteiger partial charge in [0.25, 0.3) is 0 Å². The van der Waals surface area contributed by atoms with Crippen molar-refractivity contribution in [2.24, 2.45) is 0 Å². The Labute approximate surface area is 191 Å². The molecular formula is C23H25ClN4O2S. The number of amides is 2. The minimum absolute atomic E-state index is 0.124. The lowest BCUT2D eigenvalue weighted by molar-refractivity contribution is -0.126. The molecule has 0 radical (unpaired) electrons. The molecule has 0 saturated heterocycles. The zero-order chi connectivity index (χ0) is 22.1. The van der Waals surface area contributed by atoms with E-state index in [4.69, 9.17) is 11.6 Å². The van der Waals surface area contributed by atoms with Crippen molar-refractivity contribution >= 4 is 39.9 Å². The quantitative estimate of drug-likeness (QED) is 0.415. The molecule has 3 aromatic rings. The first-order valence-corrected chi connectivity index (χ1v) is 11.5. The topological polar surface area (TPSA) is 84.0 Å². The third-order valence-electron chi connectivity index (χ3n) is 4.67. The van der Waals surface area contributed by atoms with Crippen LogP contribution in [0.4, 0.5) is 5.13 Å². The number of anilines is 1. The summed E-state index contributed by atoms with van der Waals surface area (Å²) in [5.74, 6) is -0.442. The van der Waals surface area contributed by atoms with Crippen molar-refractivity contribution in [3.63, 3.8) is 0 Å². The van der Waals surface area contributed by atoms with Crippen LogP contribution < -0.4 is 10.6 Å². The molecule has 2 N–H and O–H groups in total. The predicted octanol–water partition coefficient (Wildman–Crippen LogP) is 5.10. The van der Waals surface area contributed by atoms with E-state index in [9.17, 15) is 9.59 Å². The fourth-order valence-electron chi connectivity index (χ4n) is 3.07. The molecule has 1 atom stereocenters. The highest BCUT2D eigenvalue weighted by Gasteiger charge is 2.22. The minimum Gasteiger partial charge on any atom is -0.344 e. The molecule has 1 heterocycles. The number of rotatable bonds is 10. The average molecular weight is 457 g/mol. The lowest BCUT2D eigenvalue weighted by atomic mass is 10.0. The van der Waals surface area contributed by atoms with Gasteiger partial charge >= 0.3 is 0 Å². The zero-order valence-corrected chi connectivity index (χ0v) is 18.9. The standard InChI is InChI=1S/C23H25ClN4O2S/c1-2-3-5-13-20(29)25-19(14-16-9-6-4-7-10-16)21(30)26-23-28-27-22(31-23)17-11-8-12-18(24)15-17/h4,6-12,15,19H,2-3,5,13-14H2,1H3,(H,25,29)(H,26,28,30). The van der Waals surface area contributed by atoms with Crippen LogP contribution in [0.2, 0.25) is 5.02 Å². The highest BCUT2D eigenvalue weighted by Crippen LogP contribution is 2.28. The molecule has 1 aromatic heterocycles. The second-order valence-corrected chi connectivity index (χ2v) is 8.59. The van der Waals surface area contributed by atoms with E-state index in [1.54, 1.807) is 12.1 Å². The third kappa shape index (κ3) is 7.15. The molecule has 0 spiro atoms. The Hall–Kier alpha value is -2.77. The Bertz CT molecular complexity index is 1010. The minimum atomic E-state index is -0.699. The van der Waals surface area contributed by atoms with Crippen molar-refractivity contribution in [2.75, 3.05) is 5.32 Å². The van der Waals surface area contributed by atoms with Crippen molar-refractivity contribution in [2.45, 2.75) is 45.1 Å². The Morgan fingerprint density at radius 3 is 2.61 bits per heavy atom. The van der Waals surface area contributed by atoms with Crippen LogP contribution in [-0.4, -0.2) is 28.1 Å². The van der Waals surface area contributed by atoms with Gasteiger partial charge in [0, 0.05) is 23.4 Å². The van der Waals surface area contributed by atoms with Crippen LogP contribution in [-0.2, 0) is 16.0 Å². The summed E-state index contributed by atoms with van der Waals surface area (Å²) in [6, 6.07) is 16.2. The van der Waals surface area contributed by atoms with E-state index >= 15 is 0 Å². The van der Waals surface area contributed by atoms with Crippen molar-refractivity contribution in [3.05, 3.63) is 65.2 Å². The van der Waals surface area contributed by atoms with Crippen molar-refractivity contribution in [1.82, 2.24) is 15.5 Å². The summed E-state index contributed by atoms with van der Waals surface area (Å²) in [4.78, 5) is 25.3. The molecule has 0 fully saturated rings. The molecule has 1 unspecified atom stereocenters. The monoisotopic (exact) mass is 456 g/mol. The summed E-state index contributed by atoms with van der Waals surface area (Å²) in [5, 5.41) is 15.5. The summed E-state index contributed by atoms with van der Waals surface area (Å²) >= 11 is 7.30. The molecule has 8 heteroatoms. The van der Waals surface area contributed by atoms with Crippen molar-refractivity contribution in [3.8, 4) is 10.6 Å². The molecule has 0 aliphatic rings. The summed E-state index contributed by atoms with van der Waals surface area (Å²) in [5.41, 5.74) is 1.80. The Morgan fingerprint density at radius 1 is 1.06 bits per heavy atom. The number of aromatic nitrogens is 2. The first-order chi connectivity index (χ1) is 15.0. The fraction of sp³-hybridized carbons (Fsp3) is 0.304. The molecule has 2 amide bonds. The lowest BCUT2D eigenvalue weighted by Crippen LogP contribution is -2.45. The number of hydrogen-bond acceptors (Lipinski definition) is 5. The van der Waals surface area contributed by atoms with Gasteiger partial charge in [-0.05, 0) is 24.1 Å². The molecule has 0 bridgehead atoms. The summed E-state index contributed by atoms with van der Waals surface area (Å²) in [6.07, 6.45) is 3.63. The SMILES string of the molecule is CCCCCC(=O)NC(Cc1ccccc1)C(=O)Nc1nnc(-c2cccc(Cl)c2)s1. The summed E-state index contributed by atoms with van der Waals surface area (Å²) in [6.45, 7) is 2.09. The maximum atomic E-state index is 13.0. The fourth-order valence-corrected chi connectivity index (χ4v) is 4.00. The Balaban J connectivity index is 1.69. The van der Waals surface area contributed by atoms with Gasteiger partial charge in [0.2, 0.25) is 16.9 Å². The smallest absolute Gasteiger partial charge is 0.249 e. The van der Waals surface area contributed by atoms with Gasteiger partial charge in [-0.25, -0.2) is 0 Å². The van der Waals surface area contributed by atoms with Crippen LogP contribution in [0, 0.1) is 0 Å². The largest absolute Gasteiger partial charge is 0.344 e. The molecule has 31 heavy (non-hydrogen) atoms. The maximum Gasteiger partial charge on any atom is 0.249 e. The summed E-state index contributed by atoms with van der Waals surface area (Å²) in [7, 11) is 0. The number of unbranched alkanes of at least 4 members (excludes halogenated alkanes) is 2. The van der Waals surface area contributed by atoms with Crippen molar-refractivity contribution in [1.29, 1.82) is 0 Å². The molecular weight excluding hydrogens is 432 g/mol. The van der Waals surface area contributed by atoms with Gasteiger partial charge in [-0.3, -0.25) is 14.9 Å². The van der Waals surface area contributed by atoms with Gasteiger partial charge in [-0.1, -0.05) is 85.2 Å². The molecule has 2 aromatic carbocycles. The molecule has 0 saturated carbocycles. The average Bonchev–Trinajstić information content (AvgIpc) is 3.23. The molecule has 0 aliphatic carbocycles. The number of nitrogens with one attached hydrogen (secondary N) is 2. The van der Waals surface area contributed by atoms with Gasteiger partial charge in [0.05, 0.1) is 0 Å². The third-order valence-corrected chi connectivity index (χ3v) is 5.79. The van der Waals surface area contributed by atoms with Gasteiger partial charge in [0.1, 0.15) is 11.0 Å². The van der Waals surface area contributed by atoms with Gasteiger partial charge < -0.3 is 5.32 Å². The second kappa shape index (κ2) is 11.6. The van der Waals surface area contributed by atoms with Crippen LogP contribution in [0.1, 0.15) is 38.2 Å². The van der Waals surface area contributed by atoms with E-state index in [-0.39, 0.29) is 11.8 Å². The van der Waals surface area contributed by atoms with Crippen LogP contribution >= 0.6 is 22.9 Å². The maximum absolute atomic E-state index is 13.0. The lowest BCUT2D eigenvalue weighted by Gasteiger charge is -2.18. The number of benzene rings is 2. The normalized spacial score (nSPS) is 11.7. The zero-order valence-electron chi connectivity index (χ0n) is 17.3. The van der Waals surface area contributed by atoms with Gasteiger partial charge in [0.15, 0.2) is 0 Å². The molecule has 6 nitrogen and oxygen atoms in total. The van der Waals surface area contributed by atoms with Crippen molar-refractivity contribution < 1.29 is 9.59 Å². The number of carbonyl (C=O) groups is 2. The van der Waals surface area contributed by atoms with E-state index in [1.165, 1.54) is 11.3 Å². The van der Waals surface area contributed by atoms with Gasteiger partial charge in [-0.2, -0.15) is 0 Å². The molecule has 0 aliphatic heterocycles. The van der Waals surface area contributed by atoms with Gasteiger partial charge in [-0.15, -0.1) is 10.2 Å². The first kappa shape index (κ1) is 22.9. The predicted molar refractivity (Wildman–Crippen MR) is 125 cm³/mol. The molecule has 3 rings (SSSR count). The number of hydrogen-bond donors (Lipinski definition) is 2. The number of nitrogens with zero attached hydrogens (tertiary/aromatic N) is 2. The van der Waals surface area contributed by atoms with E-state index < -0.39 is 6.04 Å².